The number of hydrogen-bond donors (Lipinski definition) is 1. The van der Waals surface area contributed by atoms with Crippen molar-refractivity contribution in [1.82, 2.24) is 10.2 Å². The van der Waals surface area contributed by atoms with Gasteiger partial charge in [0.15, 0.2) is 0 Å². The molecule has 4 nitrogen and oxygen atoms in total. The molecule has 144 valence electrons. The van der Waals surface area contributed by atoms with Gasteiger partial charge in [0.1, 0.15) is 0 Å². The summed E-state index contributed by atoms with van der Waals surface area (Å²) in [5.41, 5.74) is 3.47. The first-order chi connectivity index (χ1) is 13.1. The summed E-state index contributed by atoms with van der Waals surface area (Å²) in [7, 11) is 0. The number of halogens is 1. The van der Waals surface area contributed by atoms with Crippen LogP contribution >= 0.6 is 11.6 Å². The second-order valence-electron chi connectivity index (χ2n) is 6.98. The highest BCUT2D eigenvalue weighted by Gasteiger charge is 2.24. The summed E-state index contributed by atoms with van der Waals surface area (Å²) in [6.45, 7) is 5.73. The van der Waals surface area contributed by atoms with Gasteiger partial charge in [-0.25, -0.2) is 0 Å². The lowest BCUT2D eigenvalue weighted by atomic mass is 10.0. The van der Waals surface area contributed by atoms with E-state index in [9.17, 15) is 4.79 Å². The number of amides is 1. The fraction of sp³-hybridized carbons (Fsp3) is 0.409. The molecule has 1 heterocycles. The molecule has 2 aromatic carbocycles. The number of carbonyl (C=O) groups is 1. The summed E-state index contributed by atoms with van der Waals surface area (Å²) in [4.78, 5) is 14.8. The number of nitrogens with zero attached hydrogens (tertiary/aromatic N) is 1. The van der Waals surface area contributed by atoms with E-state index >= 15 is 0 Å². The van der Waals surface area contributed by atoms with Gasteiger partial charge < -0.3 is 10.1 Å². The molecule has 5 heteroatoms. The van der Waals surface area contributed by atoms with Crippen LogP contribution in [0.2, 0.25) is 5.02 Å². The van der Waals surface area contributed by atoms with E-state index in [2.05, 4.69) is 35.3 Å². The third-order valence-electron chi connectivity index (χ3n) is 4.97. The van der Waals surface area contributed by atoms with E-state index in [1.807, 2.05) is 30.3 Å². The Morgan fingerprint density at radius 2 is 1.96 bits per heavy atom. The summed E-state index contributed by atoms with van der Waals surface area (Å²) in [5, 5.41) is 3.85. The lowest BCUT2D eigenvalue weighted by Gasteiger charge is -2.35. The summed E-state index contributed by atoms with van der Waals surface area (Å²) >= 11 is 6.44. The van der Waals surface area contributed by atoms with Gasteiger partial charge in [-0.15, -0.1) is 0 Å². The van der Waals surface area contributed by atoms with Crippen LogP contribution in [-0.2, 0) is 16.0 Å². The van der Waals surface area contributed by atoms with Crippen LogP contribution in [0.4, 0.5) is 0 Å². The minimum absolute atomic E-state index is 0.0607. The fourth-order valence-electron chi connectivity index (χ4n) is 3.49. The first kappa shape index (κ1) is 19.9. The predicted octanol–water partition coefficient (Wildman–Crippen LogP) is 3.77. The third-order valence-corrected chi connectivity index (χ3v) is 5.31. The molecule has 1 N–H and O–H groups in total. The van der Waals surface area contributed by atoms with Crippen LogP contribution in [0.3, 0.4) is 0 Å². The number of ether oxygens (including phenoxy) is 1. The van der Waals surface area contributed by atoms with Crippen LogP contribution < -0.4 is 5.32 Å². The molecule has 1 aliphatic heterocycles. The Kier molecular flexibility index (Phi) is 7.27. The van der Waals surface area contributed by atoms with E-state index in [0.29, 0.717) is 26.2 Å². The number of nitrogens with one attached hydrogen (secondary N) is 1. The summed E-state index contributed by atoms with van der Waals surface area (Å²) < 4.78 is 5.48. The molecule has 0 bridgehead atoms. The summed E-state index contributed by atoms with van der Waals surface area (Å²) in [5.74, 6) is 0.0711. The van der Waals surface area contributed by atoms with E-state index in [0.717, 1.165) is 30.1 Å². The minimum Gasteiger partial charge on any atom is -0.379 e. The maximum atomic E-state index is 12.4. The molecule has 1 amide bonds. The van der Waals surface area contributed by atoms with Gasteiger partial charge in [0.25, 0.3) is 0 Å². The van der Waals surface area contributed by atoms with Crippen molar-refractivity contribution >= 4 is 17.5 Å². The van der Waals surface area contributed by atoms with E-state index in [4.69, 9.17) is 16.3 Å². The molecule has 0 unspecified atom stereocenters. The largest absolute Gasteiger partial charge is 0.379 e. The molecule has 0 radical (unpaired) electrons. The van der Waals surface area contributed by atoms with Gasteiger partial charge in [0.2, 0.25) is 5.91 Å². The van der Waals surface area contributed by atoms with Crippen molar-refractivity contribution in [2.24, 2.45) is 0 Å². The minimum atomic E-state index is 0.0607. The Hall–Kier alpha value is -1.88. The smallest absolute Gasteiger partial charge is 0.220 e. The molecule has 0 saturated carbocycles. The van der Waals surface area contributed by atoms with Crippen LogP contribution in [0.25, 0.3) is 0 Å². The Morgan fingerprint density at radius 3 is 2.70 bits per heavy atom. The number of hydrogen-bond acceptors (Lipinski definition) is 3. The van der Waals surface area contributed by atoms with Crippen molar-refractivity contribution in [2.45, 2.75) is 25.8 Å². The van der Waals surface area contributed by atoms with Crippen LogP contribution in [0, 0.1) is 6.92 Å². The Bertz CT molecular complexity index is 759. The van der Waals surface area contributed by atoms with Gasteiger partial charge in [-0.1, -0.05) is 59.6 Å². The molecule has 1 saturated heterocycles. The highest BCUT2D eigenvalue weighted by atomic mass is 35.5. The Morgan fingerprint density at radius 1 is 1.19 bits per heavy atom. The molecule has 0 spiro atoms. The van der Waals surface area contributed by atoms with Crippen molar-refractivity contribution in [2.75, 3.05) is 32.8 Å². The zero-order valence-electron chi connectivity index (χ0n) is 15.8. The lowest BCUT2D eigenvalue weighted by Crippen LogP contribution is -2.44. The summed E-state index contributed by atoms with van der Waals surface area (Å²) in [6, 6.07) is 16.2. The van der Waals surface area contributed by atoms with Gasteiger partial charge in [0.05, 0.1) is 19.3 Å². The fourth-order valence-corrected chi connectivity index (χ4v) is 3.76. The second-order valence-corrected chi connectivity index (χ2v) is 7.39. The number of carbonyl (C=O) groups excluding carboxylic acids is 1. The van der Waals surface area contributed by atoms with E-state index in [-0.39, 0.29) is 11.9 Å². The average Bonchev–Trinajstić information content (AvgIpc) is 2.69. The predicted molar refractivity (Wildman–Crippen MR) is 109 cm³/mol. The maximum absolute atomic E-state index is 12.4. The zero-order chi connectivity index (χ0) is 19.1. The highest BCUT2D eigenvalue weighted by Crippen LogP contribution is 2.27. The van der Waals surface area contributed by atoms with Crippen molar-refractivity contribution in [3.05, 3.63) is 70.2 Å². The monoisotopic (exact) mass is 386 g/mol. The standard InChI is InChI=1S/C22H27ClN2O2/c1-17-5-4-6-18(15-17)9-10-22(26)24-16-21(25-11-13-27-14-12-25)19-7-2-3-8-20(19)23/h2-8,15,21H,9-14,16H2,1H3,(H,24,26)/t21-/m1/s1. The molecule has 0 aliphatic carbocycles. The average molecular weight is 387 g/mol. The maximum Gasteiger partial charge on any atom is 0.220 e. The number of morpholine rings is 1. The van der Waals surface area contributed by atoms with Gasteiger partial charge in [-0.2, -0.15) is 0 Å². The van der Waals surface area contributed by atoms with E-state index in [1.165, 1.54) is 11.1 Å². The molecule has 1 atom stereocenters. The van der Waals surface area contributed by atoms with Gasteiger partial charge in [-0.05, 0) is 30.5 Å². The molecule has 27 heavy (non-hydrogen) atoms. The van der Waals surface area contributed by atoms with Gasteiger partial charge >= 0.3 is 0 Å². The first-order valence-electron chi connectivity index (χ1n) is 9.52. The van der Waals surface area contributed by atoms with Crippen LogP contribution in [0.15, 0.2) is 48.5 Å². The highest BCUT2D eigenvalue weighted by molar-refractivity contribution is 6.31. The topological polar surface area (TPSA) is 41.6 Å². The number of aryl methyl sites for hydroxylation is 2. The SMILES string of the molecule is Cc1cccc(CCC(=O)NC[C@H](c2ccccc2Cl)N2CCOCC2)c1. The van der Waals surface area contributed by atoms with Crippen molar-refractivity contribution < 1.29 is 9.53 Å². The van der Waals surface area contributed by atoms with Crippen LogP contribution in [0.1, 0.15) is 29.2 Å². The molecule has 1 fully saturated rings. The normalized spacial score (nSPS) is 16.1. The second kappa shape index (κ2) is 9.88. The zero-order valence-corrected chi connectivity index (χ0v) is 16.5. The Labute approximate surface area is 166 Å². The number of rotatable bonds is 7. The molecular weight excluding hydrogens is 360 g/mol. The number of benzene rings is 2. The molecule has 1 aliphatic rings. The van der Waals surface area contributed by atoms with Crippen molar-refractivity contribution in [3.8, 4) is 0 Å². The van der Waals surface area contributed by atoms with E-state index in [1.54, 1.807) is 0 Å². The third kappa shape index (κ3) is 5.80. The van der Waals surface area contributed by atoms with Crippen LogP contribution in [0.5, 0.6) is 0 Å². The van der Waals surface area contributed by atoms with Gasteiger partial charge in [-0.3, -0.25) is 9.69 Å². The molecule has 2 aromatic rings. The molecule has 0 aromatic heterocycles. The summed E-state index contributed by atoms with van der Waals surface area (Å²) in [6.07, 6.45) is 1.24. The van der Waals surface area contributed by atoms with Gasteiger partial charge in [0, 0.05) is 31.1 Å². The lowest BCUT2D eigenvalue weighted by molar-refractivity contribution is -0.121. The molecular formula is C22H27ClN2O2. The van der Waals surface area contributed by atoms with Crippen molar-refractivity contribution in [3.63, 3.8) is 0 Å². The molecule has 3 rings (SSSR count). The van der Waals surface area contributed by atoms with E-state index < -0.39 is 0 Å². The quantitative estimate of drug-likeness (QED) is 0.787. The van der Waals surface area contributed by atoms with Crippen LogP contribution in [-0.4, -0.2) is 43.7 Å². The Balaban J connectivity index is 1.60. The first-order valence-corrected chi connectivity index (χ1v) is 9.90. The van der Waals surface area contributed by atoms with Crippen molar-refractivity contribution in [1.29, 1.82) is 0 Å².